The average molecular weight is 578 g/mol. The van der Waals surface area contributed by atoms with E-state index in [1.807, 2.05) is 54.6 Å². The largest absolute Gasteiger partial charge is 0.481 e. The van der Waals surface area contributed by atoms with Gasteiger partial charge in [-0.1, -0.05) is 49.6 Å². The summed E-state index contributed by atoms with van der Waals surface area (Å²) in [5, 5.41) is 20.9. The highest BCUT2D eigenvalue weighted by atomic mass is 16.4. The number of hydrogen-bond acceptors (Lipinski definition) is 6. The number of carbonyl (C=O) groups excluding carboxylic acids is 1. The van der Waals surface area contributed by atoms with Crippen molar-refractivity contribution in [3.8, 4) is 22.6 Å². The number of benzene rings is 3. The topological polar surface area (TPSA) is 147 Å². The first-order valence-electron chi connectivity index (χ1n) is 14.5. The molecule has 1 aliphatic rings. The number of fused-ring (bicyclic) bond motifs is 2. The summed E-state index contributed by atoms with van der Waals surface area (Å²) in [4.78, 5) is 50.1. The Morgan fingerprint density at radius 3 is 2.40 bits per heavy atom. The van der Waals surface area contributed by atoms with Gasteiger partial charge >= 0.3 is 11.9 Å². The van der Waals surface area contributed by atoms with Crippen molar-refractivity contribution >= 4 is 39.9 Å². The van der Waals surface area contributed by atoms with Crippen LogP contribution in [0.2, 0.25) is 0 Å². The van der Waals surface area contributed by atoms with Crippen LogP contribution in [0.15, 0.2) is 72.9 Å². The number of aromatic nitrogens is 4. The molecule has 2 heterocycles. The lowest BCUT2D eigenvalue weighted by atomic mass is 9.94. The van der Waals surface area contributed by atoms with Crippen LogP contribution in [-0.4, -0.2) is 53.6 Å². The zero-order valence-corrected chi connectivity index (χ0v) is 23.4. The van der Waals surface area contributed by atoms with Crippen molar-refractivity contribution in [3.63, 3.8) is 0 Å². The van der Waals surface area contributed by atoms with Gasteiger partial charge < -0.3 is 20.1 Å². The summed E-state index contributed by atoms with van der Waals surface area (Å²) in [6, 6.07) is 20.0. The van der Waals surface area contributed by atoms with Gasteiger partial charge in [0, 0.05) is 29.2 Å². The summed E-state index contributed by atoms with van der Waals surface area (Å²) in [6.45, 7) is 0. The lowest BCUT2D eigenvalue weighted by Gasteiger charge is -2.25. The molecule has 1 aliphatic carbocycles. The molecule has 3 aromatic carbocycles. The number of carbonyl (C=O) groups is 3. The molecule has 5 aromatic rings. The molecule has 2 aromatic heterocycles. The molecule has 3 N–H and O–H groups in total. The average Bonchev–Trinajstić information content (AvgIpc) is 3.42. The summed E-state index contributed by atoms with van der Waals surface area (Å²) < 4.78 is 2.26. The molecule has 43 heavy (non-hydrogen) atoms. The molecule has 0 bridgehead atoms. The van der Waals surface area contributed by atoms with E-state index in [-0.39, 0.29) is 24.4 Å². The minimum atomic E-state index is -1.31. The molecule has 0 radical (unpaired) electrons. The summed E-state index contributed by atoms with van der Waals surface area (Å²) in [5.74, 6) is -2.22. The molecule has 0 spiro atoms. The number of carboxylic acids is 2. The van der Waals surface area contributed by atoms with Gasteiger partial charge in [0.1, 0.15) is 11.9 Å². The molecule has 218 valence electrons. The van der Waals surface area contributed by atoms with Gasteiger partial charge in [0.15, 0.2) is 0 Å². The van der Waals surface area contributed by atoms with E-state index in [0.717, 1.165) is 64.9 Å². The monoisotopic (exact) mass is 577 g/mol. The van der Waals surface area contributed by atoms with Gasteiger partial charge in [-0.15, -0.1) is 0 Å². The molecule has 1 saturated carbocycles. The Kier molecular flexibility index (Phi) is 7.83. The van der Waals surface area contributed by atoms with Gasteiger partial charge in [-0.25, -0.2) is 14.8 Å². The van der Waals surface area contributed by atoms with Crippen molar-refractivity contribution in [3.05, 3.63) is 78.5 Å². The van der Waals surface area contributed by atoms with Crippen molar-refractivity contribution in [1.82, 2.24) is 24.8 Å². The highest BCUT2D eigenvalue weighted by Crippen LogP contribution is 2.37. The number of nitrogens with zero attached hydrogens (tertiary/aromatic N) is 4. The van der Waals surface area contributed by atoms with Crippen molar-refractivity contribution in [2.75, 3.05) is 0 Å². The fourth-order valence-electron chi connectivity index (χ4n) is 5.82. The van der Waals surface area contributed by atoms with Crippen LogP contribution in [0.1, 0.15) is 61.3 Å². The van der Waals surface area contributed by atoms with Crippen LogP contribution in [-0.2, 0) is 9.59 Å². The van der Waals surface area contributed by atoms with E-state index >= 15 is 0 Å². The fourth-order valence-corrected chi connectivity index (χ4v) is 5.82. The lowest BCUT2D eigenvalue weighted by molar-refractivity contribution is -0.140. The molecule has 1 unspecified atom stereocenters. The second-order valence-electron chi connectivity index (χ2n) is 10.9. The molecule has 1 atom stereocenters. The van der Waals surface area contributed by atoms with E-state index in [2.05, 4.69) is 9.88 Å². The van der Waals surface area contributed by atoms with Gasteiger partial charge in [0.25, 0.3) is 5.91 Å². The van der Waals surface area contributed by atoms with Crippen molar-refractivity contribution in [1.29, 1.82) is 0 Å². The molecule has 0 aliphatic heterocycles. The number of nitrogens with one attached hydrogen (secondary N) is 1. The number of aliphatic carboxylic acids is 2. The first-order valence-corrected chi connectivity index (χ1v) is 14.5. The number of imidazole rings is 1. The Bertz CT molecular complexity index is 1830. The van der Waals surface area contributed by atoms with Crippen LogP contribution in [0.25, 0.3) is 44.7 Å². The van der Waals surface area contributed by atoms with E-state index in [0.29, 0.717) is 5.52 Å². The molecule has 0 saturated heterocycles. The Morgan fingerprint density at radius 2 is 1.65 bits per heavy atom. The van der Waals surface area contributed by atoms with E-state index in [9.17, 15) is 19.5 Å². The Balaban J connectivity index is 1.37. The molecule has 1 amide bonds. The summed E-state index contributed by atoms with van der Waals surface area (Å²) in [5.41, 5.74) is 5.99. The third kappa shape index (κ3) is 5.94. The minimum absolute atomic E-state index is 0.212. The molecule has 6 rings (SSSR count). The van der Waals surface area contributed by atoms with Gasteiger partial charge in [-0.2, -0.15) is 0 Å². The number of amides is 1. The Morgan fingerprint density at radius 1 is 0.860 bits per heavy atom. The van der Waals surface area contributed by atoms with Crippen LogP contribution in [0.5, 0.6) is 0 Å². The Hall–Kier alpha value is -5.12. The fraction of sp³-hybridized carbons (Fsp3) is 0.273. The summed E-state index contributed by atoms with van der Waals surface area (Å²) >= 11 is 0. The normalized spacial score (nSPS) is 14.5. The zero-order chi connectivity index (χ0) is 29.9. The molecule has 10 nitrogen and oxygen atoms in total. The maximum absolute atomic E-state index is 13.0. The third-order valence-electron chi connectivity index (χ3n) is 8.01. The first kappa shape index (κ1) is 28.0. The predicted molar refractivity (Wildman–Crippen MR) is 162 cm³/mol. The smallest absolute Gasteiger partial charge is 0.326 e. The predicted octanol–water partition coefficient (Wildman–Crippen LogP) is 5.87. The van der Waals surface area contributed by atoms with E-state index in [4.69, 9.17) is 20.1 Å². The maximum Gasteiger partial charge on any atom is 0.326 e. The molecular formula is C33H31N5O5. The minimum Gasteiger partial charge on any atom is -0.481 e. The third-order valence-corrected chi connectivity index (χ3v) is 8.01. The number of hydrogen-bond donors (Lipinski definition) is 3. The number of carboxylic acid groups (broad SMARTS) is 2. The van der Waals surface area contributed by atoms with Crippen molar-refractivity contribution in [2.45, 2.75) is 57.0 Å². The van der Waals surface area contributed by atoms with Gasteiger partial charge in [-0.3, -0.25) is 14.6 Å². The lowest BCUT2D eigenvalue weighted by Crippen LogP contribution is -2.41. The van der Waals surface area contributed by atoms with Gasteiger partial charge in [-0.05, 0) is 55.7 Å². The second-order valence-corrected chi connectivity index (χ2v) is 10.9. The first-order chi connectivity index (χ1) is 20.9. The maximum atomic E-state index is 13.0. The highest BCUT2D eigenvalue weighted by molar-refractivity contribution is 5.99. The van der Waals surface area contributed by atoms with Crippen LogP contribution in [0.3, 0.4) is 0 Å². The van der Waals surface area contributed by atoms with Crippen LogP contribution >= 0.6 is 0 Å². The zero-order valence-electron chi connectivity index (χ0n) is 23.4. The van der Waals surface area contributed by atoms with Gasteiger partial charge in [0.05, 0.1) is 34.0 Å². The van der Waals surface area contributed by atoms with Crippen LogP contribution in [0, 0.1) is 0 Å². The number of rotatable bonds is 9. The Labute approximate surface area is 247 Å². The van der Waals surface area contributed by atoms with Gasteiger partial charge in [0.2, 0.25) is 0 Å². The molecule has 10 heteroatoms. The van der Waals surface area contributed by atoms with E-state index < -0.39 is 23.9 Å². The molecular weight excluding hydrogens is 546 g/mol. The standard InChI is InChI=1S/C33H31N5O5/c39-30(40)16-14-25(33(42)43)37-32(41)22-12-15-29-27(18-22)36-31(38(29)23-9-5-2-6-10-23)21-11-13-24-26(17-21)34-19-28(35-24)20-7-3-1-4-8-20/h1,3-4,7-8,11-13,15,17-19,23,25H,2,5-6,9-10,14,16H2,(H,37,41)(H,39,40)(H,42,43). The van der Waals surface area contributed by atoms with Crippen molar-refractivity contribution in [2.24, 2.45) is 0 Å². The quantitative estimate of drug-likeness (QED) is 0.197. The summed E-state index contributed by atoms with van der Waals surface area (Å²) in [6.07, 6.45) is 6.70. The van der Waals surface area contributed by atoms with Crippen LogP contribution < -0.4 is 5.32 Å². The second kappa shape index (κ2) is 12.0. The molecule has 1 fully saturated rings. The highest BCUT2D eigenvalue weighted by Gasteiger charge is 2.25. The van der Waals surface area contributed by atoms with Crippen molar-refractivity contribution < 1.29 is 24.6 Å². The SMILES string of the molecule is O=C(O)CCC(NC(=O)c1ccc2c(c1)nc(-c1ccc3nc(-c4ccccc4)cnc3c1)n2C1CCCCC1)C(=O)O. The van der Waals surface area contributed by atoms with E-state index in [1.165, 1.54) is 6.42 Å². The van der Waals surface area contributed by atoms with E-state index in [1.54, 1.807) is 18.3 Å². The summed E-state index contributed by atoms with van der Waals surface area (Å²) in [7, 11) is 0. The van der Waals surface area contributed by atoms with Crippen LogP contribution in [0.4, 0.5) is 0 Å².